The van der Waals surface area contributed by atoms with Crippen LogP contribution in [-0.2, 0) is 0 Å². The summed E-state index contributed by atoms with van der Waals surface area (Å²) >= 11 is 0. The summed E-state index contributed by atoms with van der Waals surface area (Å²) in [5.74, 6) is 0.926. The molecule has 0 N–H and O–H groups in total. The maximum atomic E-state index is 5.00. The van der Waals surface area contributed by atoms with Crippen molar-refractivity contribution in [2.24, 2.45) is 0 Å². The molecule has 1 heteroatoms. The van der Waals surface area contributed by atoms with Crippen LogP contribution < -0.4 is 4.74 Å². The molecule has 0 bridgehead atoms. The Balaban J connectivity index is 2.94. The number of ether oxygens (including phenoxy) is 1. The lowest BCUT2D eigenvalue weighted by molar-refractivity contribution is 0.414. The fourth-order valence-corrected chi connectivity index (χ4v) is 0.742. The Morgan fingerprint density at radius 1 is 1.33 bits per heavy atom. The smallest absolute Gasteiger partial charge is 0.119 e. The van der Waals surface area contributed by atoms with Crippen LogP contribution >= 0.6 is 0 Å². The van der Waals surface area contributed by atoms with Crippen LogP contribution in [0.5, 0.6) is 5.75 Å². The van der Waals surface area contributed by atoms with Crippen LogP contribution in [0.15, 0.2) is 24.3 Å². The number of hydrogen-bond acceptors (Lipinski definition) is 1. The van der Waals surface area contributed by atoms with Gasteiger partial charge in [-0.3, -0.25) is 0 Å². The quantitative estimate of drug-likeness (QED) is 0.519. The lowest BCUT2D eigenvalue weighted by Gasteiger charge is -1.97. The summed E-state index contributed by atoms with van der Waals surface area (Å²) in [7, 11) is 1.68. The van der Waals surface area contributed by atoms with E-state index < -0.39 is 0 Å². The zero-order valence-electron chi connectivity index (χ0n) is 5.72. The van der Waals surface area contributed by atoms with Gasteiger partial charge in [-0.25, -0.2) is 0 Å². The third-order valence-corrected chi connectivity index (χ3v) is 1.23. The average molecular weight is 123 g/mol. The van der Waals surface area contributed by atoms with Crippen LogP contribution in [0.25, 0.3) is 0 Å². The van der Waals surface area contributed by atoms with Gasteiger partial charge in [-0.05, 0) is 24.6 Å². The van der Waals surface area contributed by atoms with E-state index in [2.05, 4.69) is 0 Å². The Kier molecular flexibility index (Phi) is 1.73. The standard InChI is InChI=1S/C8H10O/c1-7-4-3-5-8(6-7)9-2/h3-6H,1-2H3/i2+1. The first-order valence-electron chi connectivity index (χ1n) is 2.93. The van der Waals surface area contributed by atoms with Gasteiger partial charge >= 0.3 is 0 Å². The highest BCUT2D eigenvalue weighted by molar-refractivity contribution is 5.27. The maximum Gasteiger partial charge on any atom is 0.119 e. The molecule has 0 fully saturated rings. The summed E-state index contributed by atoms with van der Waals surface area (Å²) in [5, 5.41) is 0. The number of rotatable bonds is 1. The van der Waals surface area contributed by atoms with Gasteiger partial charge in [-0.2, -0.15) is 0 Å². The van der Waals surface area contributed by atoms with Gasteiger partial charge in [0.15, 0.2) is 0 Å². The van der Waals surface area contributed by atoms with Crippen LogP contribution in [0.1, 0.15) is 5.56 Å². The lowest BCUT2D eigenvalue weighted by atomic mass is 10.2. The Morgan fingerprint density at radius 3 is 2.56 bits per heavy atom. The molecular formula is C8H10O. The van der Waals surface area contributed by atoms with Gasteiger partial charge in [-0.15, -0.1) is 0 Å². The molecular weight excluding hydrogens is 113 g/mol. The zero-order valence-corrected chi connectivity index (χ0v) is 5.72. The van der Waals surface area contributed by atoms with Crippen molar-refractivity contribution in [3.05, 3.63) is 29.8 Å². The summed E-state index contributed by atoms with van der Waals surface area (Å²) in [5.41, 5.74) is 1.23. The molecule has 1 aromatic carbocycles. The summed E-state index contributed by atoms with van der Waals surface area (Å²) in [6, 6.07) is 7.96. The molecule has 9 heavy (non-hydrogen) atoms. The Bertz CT molecular complexity index is 194. The third-order valence-electron chi connectivity index (χ3n) is 1.23. The fourth-order valence-electron chi connectivity index (χ4n) is 0.742. The molecule has 1 rings (SSSR count). The van der Waals surface area contributed by atoms with Gasteiger partial charge < -0.3 is 4.74 Å². The first-order chi connectivity index (χ1) is 4.33. The predicted octanol–water partition coefficient (Wildman–Crippen LogP) is 2.00. The van der Waals surface area contributed by atoms with Crippen molar-refractivity contribution >= 4 is 0 Å². The molecule has 1 nitrogen and oxygen atoms in total. The van der Waals surface area contributed by atoms with E-state index in [-0.39, 0.29) is 0 Å². The van der Waals surface area contributed by atoms with Crippen molar-refractivity contribution in [3.63, 3.8) is 0 Å². The van der Waals surface area contributed by atoms with E-state index in [9.17, 15) is 0 Å². The van der Waals surface area contributed by atoms with Gasteiger partial charge in [-0.1, -0.05) is 12.1 Å². The van der Waals surface area contributed by atoms with Crippen LogP contribution in [0.3, 0.4) is 0 Å². The van der Waals surface area contributed by atoms with Crippen LogP contribution in [0, 0.1) is 6.92 Å². The minimum atomic E-state index is 0.926. The van der Waals surface area contributed by atoms with Crippen molar-refractivity contribution in [1.29, 1.82) is 0 Å². The van der Waals surface area contributed by atoms with E-state index in [4.69, 9.17) is 4.74 Å². The van der Waals surface area contributed by atoms with Gasteiger partial charge in [0.25, 0.3) is 0 Å². The lowest BCUT2D eigenvalue weighted by Crippen LogP contribution is -1.81. The monoisotopic (exact) mass is 123 g/mol. The van der Waals surface area contributed by atoms with E-state index in [1.165, 1.54) is 5.56 Å². The number of aryl methyl sites for hydroxylation is 1. The van der Waals surface area contributed by atoms with Crippen molar-refractivity contribution < 1.29 is 4.74 Å². The second-order valence-electron chi connectivity index (χ2n) is 2.02. The van der Waals surface area contributed by atoms with Crippen LogP contribution in [0.2, 0.25) is 0 Å². The predicted molar refractivity (Wildman–Crippen MR) is 37.7 cm³/mol. The summed E-state index contributed by atoms with van der Waals surface area (Å²) in [6.45, 7) is 2.04. The molecule has 0 aliphatic rings. The highest BCUT2D eigenvalue weighted by Crippen LogP contribution is 2.10. The molecule has 0 heterocycles. The molecule has 0 atom stereocenters. The highest BCUT2D eigenvalue weighted by Gasteiger charge is 1.86. The van der Waals surface area contributed by atoms with E-state index in [0.29, 0.717) is 0 Å². The average Bonchev–Trinajstić information content (AvgIpc) is 1.88. The highest BCUT2D eigenvalue weighted by atomic mass is 16.5. The molecule has 0 aliphatic carbocycles. The summed E-state index contributed by atoms with van der Waals surface area (Å²) in [6.07, 6.45) is 0. The molecule has 1 aromatic rings. The maximum absolute atomic E-state index is 5.00. The minimum absolute atomic E-state index is 0.926. The normalized spacial score (nSPS) is 9.11. The van der Waals surface area contributed by atoms with Gasteiger partial charge in [0.2, 0.25) is 0 Å². The minimum Gasteiger partial charge on any atom is -0.497 e. The van der Waals surface area contributed by atoms with Crippen LogP contribution in [0.4, 0.5) is 0 Å². The topological polar surface area (TPSA) is 9.23 Å². The molecule has 0 unspecified atom stereocenters. The van der Waals surface area contributed by atoms with E-state index in [1.54, 1.807) is 7.11 Å². The Labute approximate surface area is 55.3 Å². The first-order valence-corrected chi connectivity index (χ1v) is 2.93. The molecule has 0 spiro atoms. The largest absolute Gasteiger partial charge is 0.497 e. The molecule has 0 aromatic heterocycles. The molecule has 0 saturated carbocycles. The van der Waals surface area contributed by atoms with Gasteiger partial charge in [0, 0.05) is 0 Å². The second kappa shape index (κ2) is 2.53. The molecule has 0 amide bonds. The number of hydrogen-bond donors (Lipinski definition) is 0. The molecule has 0 saturated heterocycles. The van der Waals surface area contributed by atoms with Crippen molar-refractivity contribution in [2.75, 3.05) is 7.11 Å². The zero-order chi connectivity index (χ0) is 6.69. The van der Waals surface area contributed by atoms with E-state index >= 15 is 0 Å². The SMILES string of the molecule is Cc1cccc(O[13CH3])c1. The van der Waals surface area contributed by atoms with Gasteiger partial charge in [0.1, 0.15) is 5.75 Å². The first kappa shape index (κ1) is 6.14. The number of methoxy groups -OCH3 is 1. The molecule has 48 valence electrons. The third kappa shape index (κ3) is 1.46. The molecule has 0 aliphatic heterocycles. The number of benzene rings is 1. The van der Waals surface area contributed by atoms with Crippen molar-refractivity contribution in [2.45, 2.75) is 6.92 Å². The molecule has 0 radical (unpaired) electrons. The fraction of sp³-hybridized carbons (Fsp3) is 0.250. The Morgan fingerprint density at radius 2 is 2.11 bits per heavy atom. The second-order valence-corrected chi connectivity index (χ2v) is 2.02. The van der Waals surface area contributed by atoms with E-state index in [1.807, 2.05) is 31.2 Å². The van der Waals surface area contributed by atoms with E-state index in [0.717, 1.165) is 5.75 Å². The summed E-state index contributed by atoms with van der Waals surface area (Å²) < 4.78 is 5.00. The summed E-state index contributed by atoms with van der Waals surface area (Å²) in [4.78, 5) is 0. The van der Waals surface area contributed by atoms with Gasteiger partial charge in [0.05, 0.1) is 7.11 Å². The van der Waals surface area contributed by atoms with Crippen molar-refractivity contribution in [3.8, 4) is 5.75 Å². The Hall–Kier alpha value is -0.980. The van der Waals surface area contributed by atoms with Crippen molar-refractivity contribution in [1.82, 2.24) is 0 Å². The van der Waals surface area contributed by atoms with Crippen LogP contribution in [-0.4, -0.2) is 7.11 Å².